The Kier molecular flexibility index (Phi) is 1.69. The van der Waals surface area contributed by atoms with E-state index in [4.69, 9.17) is 5.11 Å². The van der Waals surface area contributed by atoms with Gasteiger partial charge in [0.15, 0.2) is 0 Å². The summed E-state index contributed by atoms with van der Waals surface area (Å²) in [5.41, 5.74) is 0. The number of hydrogen-bond acceptors (Lipinski definition) is 1. The molecule has 1 unspecified atom stereocenters. The minimum atomic E-state index is 0.385. The number of aliphatic hydroxyl groups excluding tert-OH is 1. The van der Waals surface area contributed by atoms with Crippen LogP contribution < -0.4 is 0 Å². The molecule has 7 heavy (non-hydrogen) atoms. The average molecular weight is 99.2 g/mol. The molecule has 1 atom stereocenters. The summed E-state index contributed by atoms with van der Waals surface area (Å²) in [4.78, 5) is 0. The highest BCUT2D eigenvalue weighted by atomic mass is 16.3. The van der Waals surface area contributed by atoms with Crippen LogP contribution in [-0.4, -0.2) is 11.7 Å². The van der Waals surface area contributed by atoms with Crippen LogP contribution >= 0.6 is 0 Å². The lowest BCUT2D eigenvalue weighted by atomic mass is 10.1. The summed E-state index contributed by atoms with van der Waals surface area (Å²) >= 11 is 0. The van der Waals surface area contributed by atoms with Gasteiger partial charge in [-0.3, -0.25) is 0 Å². The van der Waals surface area contributed by atoms with E-state index in [9.17, 15) is 0 Å². The summed E-state index contributed by atoms with van der Waals surface area (Å²) in [6.45, 7) is 0.385. The van der Waals surface area contributed by atoms with Crippen LogP contribution in [0, 0.1) is 12.3 Å². The first-order valence-electron chi connectivity index (χ1n) is 2.86. The first kappa shape index (κ1) is 5.10. The predicted octanol–water partition coefficient (Wildman–Crippen LogP) is 0.983. The number of aliphatic hydroxyl groups is 1. The smallest absolute Gasteiger partial charge is 0.0459 e. The minimum absolute atomic E-state index is 0.385. The third-order valence-electron chi connectivity index (χ3n) is 1.54. The second-order valence-electron chi connectivity index (χ2n) is 2.15. The molecule has 41 valence electrons. The van der Waals surface area contributed by atoms with Crippen molar-refractivity contribution < 1.29 is 5.11 Å². The van der Waals surface area contributed by atoms with Gasteiger partial charge in [-0.05, 0) is 31.6 Å². The molecule has 1 fully saturated rings. The second-order valence-corrected chi connectivity index (χ2v) is 2.15. The SMILES string of the molecule is OCC1C[CH]CC1. The van der Waals surface area contributed by atoms with Crippen LogP contribution in [0.1, 0.15) is 19.3 Å². The lowest BCUT2D eigenvalue weighted by molar-refractivity contribution is 0.231. The summed E-state index contributed by atoms with van der Waals surface area (Å²) in [5.74, 6) is 0.597. The maximum atomic E-state index is 8.55. The lowest BCUT2D eigenvalue weighted by Crippen LogP contribution is -1.97. The van der Waals surface area contributed by atoms with Gasteiger partial charge in [0.1, 0.15) is 0 Å². The van der Waals surface area contributed by atoms with Crippen LogP contribution in [0.2, 0.25) is 0 Å². The zero-order valence-corrected chi connectivity index (χ0v) is 4.43. The van der Waals surface area contributed by atoms with E-state index in [-0.39, 0.29) is 0 Å². The van der Waals surface area contributed by atoms with E-state index in [1.165, 1.54) is 12.8 Å². The summed E-state index contributed by atoms with van der Waals surface area (Å²) < 4.78 is 0. The fraction of sp³-hybridized carbons (Fsp3) is 0.833. The van der Waals surface area contributed by atoms with Gasteiger partial charge in [0.05, 0.1) is 0 Å². The molecule has 0 aliphatic heterocycles. The van der Waals surface area contributed by atoms with Crippen molar-refractivity contribution in [1.82, 2.24) is 0 Å². The molecule has 1 N–H and O–H groups in total. The van der Waals surface area contributed by atoms with E-state index in [0.29, 0.717) is 12.5 Å². The third kappa shape index (κ3) is 1.16. The van der Waals surface area contributed by atoms with E-state index in [1.807, 2.05) is 0 Å². The molecule has 1 aliphatic rings. The largest absolute Gasteiger partial charge is 0.396 e. The Morgan fingerprint density at radius 1 is 1.71 bits per heavy atom. The molecule has 0 spiro atoms. The van der Waals surface area contributed by atoms with Crippen LogP contribution in [0.3, 0.4) is 0 Å². The molecule has 1 aliphatic carbocycles. The molecule has 1 heteroatoms. The van der Waals surface area contributed by atoms with Gasteiger partial charge in [0.25, 0.3) is 0 Å². The Hall–Kier alpha value is -0.0400. The Morgan fingerprint density at radius 2 is 2.57 bits per heavy atom. The van der Waals surface area contributed by atoms with Gasteiger partial charge >= 0.3 is 0 Å². The standard InChI is InChI=1S/C6H11O/c7-5-6-3-1-2-4-6/h1,6-7H,2-5H2. The molecule has 0 amide bonds. The molecule has 1 saturated carbocycles. The predicted molar refractivity (Wildman–Crippen MR) is 28.7 cm³/mol. The Morgan fingerprint density at radius 3 is 2.86 bits per heavy atom. The zero-order valence-electron chi connectivity index (χ0n) is 4.43. The third-order valence-corrected chi connectivity index (χ3v) is 1.54. The maximum Gasteiger partial charge on any atom is 0.0459 e. The monoisotopic (exact) mass is 99.1 g/mol. The van der Waals surface area contributed by atoms with Crippen LogP contribution in [0.25, 0.3) is 0 Å². The highest BCUT2D eigenvalue weighted by Crippen LogP contribution is 2.22. The van der Waals surface area contributed by atoms with Crippen LogP contribution in [0.5, 0.6) is 0 Å². The summed E-state index contributed by atoms with van der Waals surface area (Å²) in [6, 6.07) is 0. The topological polar surface area (TPSA) is 20.2 Å². The fourth-order valence-electron chi connectivity index (χ4n) is 0.991. The van der Waals surface area contributed by atoms with E-state index >= 15 is 0 Å². The minimum Gasteiger partial charge on any atom is -0.396 e. The van der Waals surface area contributed by atoms with Gasteiger partial charge in [0.2, 0.25) is 0 Å². The molecule has 0 heterocycles. The van der Waals surface area contributed by atoms with Crippen molar-refractivity contribution in [1.29, 1.82) is 0 Å². The van der Waals surface area contributed by atoms with Crippen molar-refractivity contribution in [2.45, 2.75) is 19.3 Å². The van der Waals surface area contributed by atoms with Crippen molar-refractivity contribution in [3.63, 3.8) is 0 Å². The summed E-state index contributed by atoms with van der Waals surface area (Å²) in [6.07, 6.45) is 5.80. The van der Waals surface area contributed by atoms with Crippen LogP contribution in [-0.2, 0) is 0 Å². The first-order valence-corrected chi connectivity index (χ1v) is 2.86. The van der Waals surface area contributed by atoms with Crippen molar-refractivity contribution in [3.05, 3.63) is 6.42 Å². The highest BCUT2D eigenvalue weighted by molar-refractivity contribution is 4.79. The van der Waals surface area contributed by atoms with Gasteiger partial charge < -0.3 is 5.11 Å². The van der Waals surface area contributed by atoms with Crippen molar-refractivity contribution >= 4 is 0 Å². The molecule has 0 bridgehead atoms. The Labute approximate surface area is 44.4 Å². The number of hydrogen-bond donors (Lipinski definition) is 1. The lowest BCUT2D eigenvalue weighted by Gasteiger charge is -1.98. The zero-order chi connectivity index (χ0) is 5.11. The molecule has 0 aromatic carbocycles. The normalized spacial score (nSPS) is 23.6. The Bertz CT molecular complexity index is 46.1. The molecule has 0 aromatic rings. The van der Waals surface area contributed by atoms with Crippen LogP contribution in [0.15, 0.2) is 0 Å². The van der Waals surface area contributed by atoms with Crippen molar-refractivity contribution in [3.8, 4) is 0 Å². The van der Waals surface area contributed by atoms with Gasteiger partial charge in [-0.25, -0.2) is 0 Å². The summed E-state index contributed by atoms with van der Waals surface area (Å²) in [5, 5.41) is 8.55. The molecule has 0 saturated heterocycles. The number of rotatable bonds is 1. The van der Waals surface area contributed by atoms with E-state index in [0.717, 1.165) is 6.42 Å². The molecule has 1 rings (SSSR count). The molecular formula is C6H11O. The van der Waals surface area contributed by atoms with Gasteiger partial charge in [-0.15, -0.1) is 0 Å². The fourth-order valence-corrected chi connectivity index (χ4v) is 0.991. The van der Waals surface area contributed by atoms with Gasteiger partial charge in [-0.1, -0.05) is 0 Å². The van der Waals surface area contributed by atoms with Crippen molar-refractivity contribution in [2.75, 3.05) is 6.61 Å². The van der Waals surface area contributed by atoms with Crippen LogP contribution in [0.4, 0.5) is 0 Å². The first-order chi connectivity index (χ1) is 3.43. The highest BCUT2D eigenvalue weighted by Gasteiger charge is 2.12. The van der Waals surface area contributed by atoms with Crippen molar-refractivity contribution in [2.24, 2.45) is 5.92 Å². The summed E-state index contributed by atoms with van der Waals surface area (Å²) in [7, 11) is 0. The molecule has 1 nitrogen and oxygen atoms in total. The van der Waals surface area contributed by atoms with Gasteiger partial charge in [0, 0.05) is 6.61 Å². The second kappa shape index (κ2) is 2.31. The van der Waals surface area contributed by atoms with E-state index in [2.05, 4.69) is 6.42 Å². The average Bonchev–Trinajstić information content (AvgIpc) is 2.14. The Balaban J connectivity index is 2.14. The van der Waals surface area contributed by atoms with Gasteiger partial charge in [-0.2, -0.15) is 0 Å². The molecular weight excluding hydrogens is 88.1 g/mol. The molecule has 1 radical (unpaired) electrons. The van der Waals surface area contributed by atoms with E-state index < -0.39 is 0 Å². The molecule has 0 aromatic heterocycles. The van der Waals surface area contributed by atoms with E-state index in [1.54, 1.807) is 0 Å². The maximum absolute atomic E-state index is 8.55. The quantitative estimate of drug-likeness (QED) is 0.519.